The number of halogens is 1. The fourth-order valence-electron chi connectivity index (χ4n) is 4.82. The smallest absolute Gasteiger partial charge is 0.253 e. The highest BCUT2D eigenvalue weighted by Crippen LogP contribution is 2.50. The van der Waals surface area contributed by atoms with Gasteiger partial charge in [-0.1, -0.05) is 11.6 Å². The summed E-state index contributed by atoms with van der Waals surface area (Å²) in [5.41, 5.74) is 1.39. The third-order valence-electron chi connectivity index (χ3n) is 6.02. The van der Waals surface area contributed by atoms with Crippen LogP contribution >= 0.6 is 11.6 Å². The highest BCUT2D eigenvalue weighted by molar-refractivity contribution is 6.31. The Morgan fingerprint density at radius 3 is 2.63 bits per heavy atom. The van der Waals surface area contributed by atoms with Crippen molar-refractivity contribution >= 4 is 28.4 Å². The Kier molecular flexibility index (Phi) is 3.74. The predicted molar refractivity (Wildman–Crippen MR) is 101 cm³/mol. The van der Waals surface area contributed by atoms with Crippen LogP contribution in [0, 0.1) is 11.8 Å². The quantitative estimate of drug-likeness (QED) is 0.713. The van der Waals surface area contributed by atoms with Gasteiger partial charge in [-0.2, -0.15) is 5.10 Å². The van der Waals surface area contributed by atoms with Gasteiger partial charge in [0.2, 0.25) is 0 Å². The van der Waals surface area contributed by atoms with E-state index in [1.165, 1.54) is 0 Å². The third kappa shape index (κ3) is 2.71. The van der Waals surface area contributed by atoms with Gasteiger partial charge >= 0.3 is 0 Å². The average molecular weight is 383 g/mol. The molecule has 2 N–H and O–H groups in total. The van der Waals surface area contributed by atoms with Crippen molar-refractivity contribution in [3.05, 3.63) is 59.0 Å². The van der Waals surface area contributed by atoms with E-state index in [0.717, 1.165) is 16.5 Å². The van der Waals surface area contributed by atoms with Crippen LogP contribution in [0.4, 0.5) is 0 Å². The normalized spacial score (nSPS) is 27.3. The maximum Gasteiger partial charge on any atom is 0.253 e. The molecule has 1 aliphatic carbocycles. The molecule has 2 aromatic heterocycles. The van der Waals surface area contributed by atoms with Crippen molar-refractivity contribution < 1.29 is 9.90 Å². The molecule has 1 amide bonds. The lowest BCUT2D eigenvalue weighted by Crippen LogP contribution is -2.32. The van der Waals surface area contributed by atoms with Crippen LogP contribution in [-0.2, 0) is 5.60 Å². The lowest BCUT2D eigenvalue weighted by Gasteiger charge is -2.27. The van der Waals surface area contributed by atoms with Crippen molar-refractivity contribution in [3.63, 3.8) is 0 Å². The van der Waals surface area contributed by atoms with Crippen LogP contribution in [0.2, 0.25) is 5.02 Å². The minimum absolute atomic E-state index is 0.0373. The minimum atomic E-state index is -0.936. The number of hydrogen-bond donors (Lipinski definition) is 2. The molecule has 138 valence electrons. The highest BCUT2D eigenvalue weighted by atomic mass is 35.5. The van der Waals surface area contributed by atoms with Crippen molar-refractivity contribution in [3.8, 4) is 0 Å². The lowest BCUT2D eigenvalue weighted by molar-refractivity contribution is 0.0318. The minimum Gasteiger partial charge on any atom is -0.385 e. The standard InChI is InChI=1S/C20H19ClN4O2/c21-15-5-17(16-9-23-24-18(16)6-15)20(27)7-13-10-25(11-14(13)8-20)19(26)12-1-3-22-4-2-12/h1-6,9,13-14,27H,7-8,10-11H2,(H,23,24)/t13-,14+,20-. The second-order valence-corrected chi connectivity index (χ2v) is 8.13. The van der Waals surface area contributed by atoms with Crippen molar-refractivity contribution in [2.75, 3.05) is 13.1 Å². The number of rotatable bonds is 2. The number of nitrogens with one attached hydrogen (secondary N) is 1. The first-order chi connectivity index (χ1) is 13.0. The summed E-state index contributed by atoms with van der Waals surface area (Å²) in [6, 6.07) is 7.16. The Labute approximate surface area is 161 Å². The molecule has 2 fully saturated rings. The van der Waals surface area contributed by atoms with E-state index in [2.05, 4.69) is 15.2 Å². The highest BCUT2D eigenvalue weighted by Gasteiger charge is 2.50. The van der Waals surface area contributed by atoms with E-state index in [4.69, 9.17) is 11.6 Å². The molecule has 0 unspecified atom stereocenters. The van der Waals surface area contributed by atoms with Gasteiger partial charge < -0.3 is 10.0 Å². The number of carbonyl (C=O) groups excluding carboxylic acids is 1. The molecule has 1 aromatic carbocycles. The van der Waals surface area contributed by atoms with Crippen molar-refractivity contribution in [1.29, 1.82) is 0 Å². The Bertz CT molecular complexity index is 1010. The van der Waals surface area contributed by atoms with Gasteiger partial charge in [0.1, 0.15) is 0 Å². The number of H-pyrrole nitrogens is 1. The number of aliphatic hydroxyl groups is 1. The SMILES string of the molecule is O=C(c1ccncc1)N1C[C@@H]2C[C@@](O)(c3cc(Cl)cc4[nH]ncc34)C[C@@H]2C1. The zero-order chi connectivity index (χ0) is 18.6. The van der Waals surface area contributed by atoms with Crippen molar-refractivity contribution in [2.24, 2.45) is 11.8 Å². The zero-order valence-corrected chi connectivity index (χ0v) is 15.4. The molecule has 27 heavy (non-hydrogen) atoms. The molecule has 0 spiro atoms. The fourth-order valence-corrected chi connectivity index (χ4v) is 5.03. The molecule has 6 nitrogen and oxygen atoms in total. The number of benzene rings is 1. The molecule has 3 atom stereocenters. The lowest BCUT2D eigenvalue weighted by atomic mass is 9.88. The summed E-state index contributed by atoms with van der Waals surface area (Å²) in [7, 11) is 0. The molecule has 1 aliphatic heterocycles. The summed E-state index contributed by atoms with van der Waals surface area (Å²) in [6.07, 6.45) is 6.26. The number of aromatic nitrogens is 3. The molecular formula is C20H19ClN4O2. The molecule has 1 saturated carbocycles. The van der Waals surface area contributed by atoms with E-state index in [9.17, 15) is 9.90 Å². The van der Waals surface area contributed by atoms with Gasteiger partial charge in [0.15, 0.2) is 0 Å². The topological polar surface area (TPSA) is 82.1 Å². The first-order valence-corrected chi connectivity index (χ1v) is 9.46. The number of nitrogens with zero attached hydrogens (tertiary/aromatic N) is 3. The van der Waals surface area contributed by atoms with Gasteiger partial charge in [0.25, 0.3) is 5.91 Å². The second-order valence-electron chi connectivity index (χ2n) is 7.69. The van der Waals surface area contributed by atoms with Gasteiger partial charge in [0.05, 0.1) is 17.3 Å². The van der Waals surface area contributed by atoms with Crippen LogP contribution in [0.25, 0.3) is 10.9 Å². The first kappa shape index (κ1) is 16.7. The van der Waals surface area contributed by atoms with Crippen LogP contribution in [0.1, 0.15) is 28.8 Å². The Balaban J connectivity index is 1.39. The van der Waals surface area contributed by atoms with Crippen LogP contribution in [0.15, 0.2) is 42.9 Å². The third-order valence-corrected chi connectivity index (χ3v) is 6.23. The van der Waals surface area contributed by atoms with Crippen molar-refractivity contribution in [1.82, 2.24) is 20.1 Å². The maximum atomic E-state index is 12.7. The molecule has 5 rings (SSSR count). The second kappa shape index (κ2) is 6.04. The Morgan fingerprint density at radius 2 is 1.93 bits per heavy atom. The van der Waals surface area contributed by atoms with Gasteiger partial charge in [-0.15, -0.1) is 0 Å². The van der Waals surface area contributed by atoms with E-state index in [1.807, 2.05) is 17.0 Å². The number of aromatic amines is 1. The molecule has 1 saturated heterocycles. The van der Waals surface area contributed by atoms with Gasteiger partial charge in [-0.3, -0.25) is 14.9 Å². The molecule has 0 radical (unpaired) electrons. The van der Waals surface area contributed by atoms with E-state index in [-0.39, 0.29) is 17.7 Å². The number of amides is 1. The zero-order valence-electron chi connectivity index (χ0n) is 14.6. The summed E-state index contributed by atoms with van der Waals surface area (Å²) in [6.45, 7) is 1.34. The van der Waals surface area contributed by atoms with Gasteiger partial charge in [-0.05, 0) is 54.5 Å². The van der Waals surface area contributed by atoms with Gasteiger partial charge in [-0.25, -0.2) is 0 Å². The summed E-state index contributed by atoms with van der Waals surface area (Å²) >= 11 is 6.26. The van der Waals surface area contributed by atoms with Crippen molar-refractivity contribution in [2.45, 2.75) is 18.4 Å². The summed E-state index contributed by atoms with van der Waals surface area (Å²) in [5.74, 6) is 0.596. The average Bonchev–Trinajstić information content (AvgIpc) is 3.34. The monoisotopic (exact) mass is 382 g/mol. The fraction of sp³-hybridized carbons (Fsp3) is 0.350. The van der Waals surface area contributed by atoms with E-state index in [1.54, 1.807) is 30.7 Å². The maximum absolute atomic E-state index is 12.7. The van der Waals surface area contributed by atoms with Crippen LogP contribution in [0.3, 0.4) is 0 Å². The molecule has 3 aromatic rings. The number of carbonyl (C=O) groups is 1. The summed E-state index contributed by atoms with van der Waals surface area (Å²) < 4.78 is 0. The molecule has 2 aliphatic rings. The Hall–Kier alpha value is -2.44. The van der Waals surface area contributed by atoms with Gasteiger partial charge in [0, 0.05) is 41.5 Å². The Morgan fingerprint density at radius 1 is 1.22 bits per heavy atom. The van der Waals surface area contributed by atoms with Crippen LogP contribution < -0.4 is 0 Å². The van der Waals surface area contributed by atoms with Crippen LogP contribution in [0.5, 0.6) is 0 Å². The number of likely N-dealkylation sites (tertiary alicyclic amines) is 1. The largest absolute Gasteiger partial charge is 0.385 e. The number of hydrogen-bond acceptors (Lipinski definition) is 4. The van der Waals surface area contributed by atoms with E-state index in [0.29, 0.717) is 36.5 Å². The number of fused-ring (bicyclic) bond motifs is 2. The molecule has 3 heterocycles. The summed E-state index contributed by atoms with van der Waals surface area (Å²) in [5, 5.41) is 20.0. The molecule has 0 bridgehead atoms. The summed E-state index contributed by atoms with van der Waals surface area (Å²) in [4.78, 5) is 18.6. The molecular weight excluding hydrogens is 364 g/mol. The first-order valence-electron chi connectivity index (χ1n) is 9.08. The molecule has 7 heteroatoms. The van der Waals surface area contributed by atoms with E-state index < -0.39 is 5.60 Å². The van der Waals surface area contributed by atoms with E-state index >= 15 is 0 Å². The number of pyridine rings is 1. The van der Waals surface area contributed by atoms with Crippen LogP contribution in [-0.4, -0.2) is 44.2 Å². The predicted octanol–water partition coefficient (Wildman–Crippen LogP) is 2.98.